The topological polar surface area (TPSA) is 0 Å². The molecule has 2 heteroatoms. The summed E-state index contributed by atoms with van der Waals surface area (Å²) in [5.74, 6) is 0. The number of hydrogen-bond acceptors (Lipinski definition) is 0. The molecule has 0 heterocycles. The number of hydrogen-bond donors (Lipinski definition) is 0. The summed E-state index contributed by atoms with van der Waals surface area (Å²) in [6.07, 6.45) is 17.8. The summed E-state index contributed by atoms with van der Waals surface area (Å²) in [5, 5.41) is 0. The Balaban J connectivity index is 3.45. The molecule has 0 amide bonds. The fourth-order valence-electron chi connectivity index (χ4n) is 1.95. The van der Waals surface area contributed by atoms with Crippen molar-refractivity contribution in [2.45, 2.75) is 65.7 Å². The zero-order valence-electron chi connectivity index (χ0n) is 12.4. The molecule has 1 unspecified atom stereocenters. The van der Waals surface area contributed by atoms with E-state index in [2.05, 4.69) is 20.8 Å². The molecule has 1 atom stereocenters. The third-order valence-corrected chi connectivity index (χ3v) is 7.45. The van der Waals surface area contributed by atoms with E-state index in [9.17, 15) is 0 Å². The van der Waals surface area contributed by atoms with E-state index in [1.165, 1.54) is 65.9 Å². The second-order valence-corrected chi connectivity index (χ2v) is 9.19. The first-order valence-electron chi connectivity index (χ1n) is 7.78. The highest BCUT2D eigenvalue weighted by Crippen LogP contribution is 2.39. The molecule has 0 saturated heterocycles. The van der Waals surface area contributed by atoms with Gasteiger partial charge in [0.2, 0.25) is 0 Å². The standard InChI is InChI=1S/C15H34P2/c1-4-7-11-16-12-10-15-17(13-8-5-2)14-9-6-3/h16H,4-15H2,1-3H3. The predicted molar refractivity (Wildman–Crippen MR) is 88.9 cm³/mol. The van der Waals surface area contributed by atoms with Crippen LogP contribution < -0.4 is 0 Å². The van der Waals surface area contributed by atoms with Crippen molar-refractivity contribution < 1.29 is 0 Å². The summed E-state index contributed by atoms with van der Waals surface area (Å²) in [5.41, 5.74) is 0. The molecular weight excluding hydrogens is 242 g/mol. The van der Waals surface area contributed by atoms with E-state index in [-0.39, 0.29) is 0 Å². The Bertz CT molecular complexity index is 129. The summed E-state index contributed by atoms with van der Waals surface area (Å²) in [6.45, 7) is 6.97. The van der Waals surface area contributed by atoms with E-state index in [1.807, 2.05) is 0 Å². The summed E-state index contributed by atoms with van der Waals surface area (Å²) in [6, 6.07) is 0. The van der Waals surface area contributed by atoms with Crippen LogP contribution in [0.5, 0.6) is 0 Å². The highest BCUT2D eigenvalue weighted by molar-refractivity contribution is 7.57. The van der Waals surface area contributed by atoms with Crippen molar-refractivity contribution in [1.82, 2.24) is 0 Å². The molecule has 0 aromatic heterocycles. The van der Waals surface area contributed by atoms with Crippen LogP contribution in [-0.4, -0.2) is 30.8 Å². The van der Waals surface area contributed by atoms with E-state index in [0.29, 0.717) is 7.92 Å². The molecule has 0 N–H and O–H groups in total. The van der Waals surface area contributed by atoms with Crippen LogP contribution in [-0.2, 0) is 0 Å². The van der Waals surface area contributed by atoms with Crippen molar-refractivity contribution in [3.8, 4) is 0 Å². The minimum absolute atomic E-state index is 0.408. The van der Waals surface area contributed by atoms with Gasteiger partial charge in [-0.25, -0.2) is 0 Å². The van der Waals surface area contributed by atoms with Crippen molar-refractivity contribution in [1.29, 1.82) is 0 Å². The highest BCUT2D eigenvalue weighted by atomic mass is 31.1. The molecule has 0 fully saturated rings. The Hall–Kier alpha value is 0.860. The number of rotatable bonds is 13. The lowest BCUT2D eigenvalue weighted by molar-refractivity contribution is 0.863. The van der Waals surface area contributed by atoms with Crippen LogP contribution in [0.25, 0.3) is 0 Å². The van der Waals surface area contributed by atoms with Gasteiger partial charge in [0, 0.05) is 0 Å². The van der Waals surface area contributed by atoms with Crippen molar-refractivity contribution in [3.63, 3.8) is 0 Å². The lowest BCUT2D eigenvalue weighted by atomic mass is 10.4. The zero-order chi connectivity index (χ0) is 12.8. The first-order chi connectivity index (χ1) is 8.35. The van der Waals surface area contributed by atoms with Crippen molar-refractivity contribution in [3.05, 3.63) is 0 Å². The third-order valence-electron chi connectivity index (χ3n) is 3.19. The third kappa shape index (κ3) is 13.1. The second-order valence-electron chi connectivity index (χ2n) is 5.01. The van der Waals surface area contributed by atoms with Crippen LogP contribution in [0.2, 0.25) is 0 Å². The average Bonchev–Trinajstić information content (AvgIpc) is 2.35. The maximum Gasteiger partial charge on any atom is -0.0323 e. The van der Waals surface area contributed by atoms with Gasteiger partial charge in [-0.2, -0.15) is 0 Å². The quantitative estimate of drug-likeness (QED) is 0.288. The molecular formula is C15H34P2. The summed E-state index contributed by atoms with van der Waals surface area (Å²) in [4.78, 5) is 0. The van der Waals surface area contributed by atoms with Gasteiger partial charge in [0.1, 0.15) is 0 Å². The van der Waals surface area contributed by atoms with E-state index < -0.39 is 0 Å². The molecule has 0 bridgehead atoms. The summed E-state index contributed by atoms with van der Waals surface area (Å²) >= 11 is 0. The first-order valence-corrected chi connectivity index (χ1v) is 11.1. The van der Waals surface area contributed by atoms with Gasteiger partial charge in [0.05, 0.1) is 0 Å². The zero-order valence-corrected chi connectivity index (χ0v) is 14.3. The first kappa shape index (κ1) is 17.9. The molecule has 0 radical (unpaired) electrons. The van der Waals surface area contributed by atoms with E-state index in [4.69, 9.17) is 0 Å². The summed E-state index contributed by atoms with van der Waals surface area (Å²) < 4.78 is 0. The van der Waals surface area contributed by atoms with Gasteiger partial charge in [-0.15, -0.1) is 16.5 Å². The lowest BCUT2D eigenvalue weighted by Crippen LogP contribution is -1.97. The van der Waals surface area contributed by atoms with Crippen LogP contribution >= 0.6 is 16.5 Å². The van der Waals surface area contributed by atoms with Gasteiger partial charge in [-0.3, -0.25) is 0 Å². The van der Waals surface area contributed by atoms with Gasteiger partial charge in [-0.1, -0.05) is 40.0 Å². The van der Waals surface area contributed by atoms with Gasteiger partial charge in [0.25, 0.3) is 0 Å². The molecule has 0 aliphatic heterocycles. The van der Waals surface area contributed by atoms with E-state index in [0.717, 1.165) is 0 Å². The molecule has 0 aromatic carbocycles. The Labute approximate surface area is 113 Å². The van der Waals surface area contributed by atoms with E-state index in [1.54, 1.807) is 18.5 Å². The van der Waals surface area contributed by atoms with Gasteiger partial charge in [-0.05, 0) is 56.5 Å². The van der Waals surface area contributed by atoms with Crippen molar-refractivity contribution >= 4 is 16.5 Å². The molecule has 0 aliphatic carbocycles. The molecule has 0 aromatic rings. The molecule has 17 heavy (non-hydrogen) atoms. The van der Waals surface area contributed by atoms with Crippen molar-refractivity contribution in [2.24, 2.45) is 0 Å². The SMILES string of the molecule is CCCCPCCCP(CCCC)CCCC. The van der Waals surface area contributed by atoms with Gasteiger partial charge >= 0.3 is 0 Å². The Morgan fingerprint density at radius 3 is 1.65 bits per heavy atom. The summed E-state index contributed by atoms with van der Waals surface area (Å²) in [7, 11) is 1.66. The normalized spacial score (nSPS) is 12.0. The van der Waals surface area contributed by atoms with Crippen molar-refractivity contribution in [2.75, 3.05) is 30.8 Å². The van der Waals surface area contributed by atoms with Gasteiger partial charge in [0.15, 0.2) is 0 Å². The second kappa shape index (κ2) is 14.9. The Morgan fingerprint density at radius 2 is 1.12 bits per heavy atom. The predicted octanol–water partition coefficient (Wildman–Crippen LogP) is 5.94. The largest absolute Gasteiger partial charge is 0.122 e. The maximum atomic E-state index is 2.33. The van der Waals surface area contributed by atoms with Crippen LogP contribution in [0.4, 0.5) is 0 Å². The van der Waals surface area contributed by atoms with Crippen LogP contribution in [0, 0.1) is 0 Å². The average molecular weight is 276 g/mol. The van der Waals surface area contributed by atoms with Crippen LogP contribution in [0.3, 0.4) is 0 Å². The molecule has 0 saturated carbocycles. The highest BCUT2D eigenvalue weighted by Gasteiger charge is 2.06. The monoisotopic (exact) mass is 276 g/mol. The lowest BCUT2D eigenvalue weighted by Gasteiger charge is -2.17. The molecule has 0 rings (SSSR count). The van der Waals surface area contributed by atoms with E-state index >= 15 is 0 Å². The fraction of sp³-hybridized carbons (Fsp3) is 1.00. The minimum Gasteiger partial charge on any atom is -0.122 e. The molecule has 0 aliphatic rings. The maximum absolute atomic E-state index is 2.33. The molecule has 0 spiro atoms. The Kier molecular flexibility index (Phi) is 15.7. The minimum atomic E-state index is 0.408. The fourth-order valence-corrected chi connectivity index (χ4v) is 6.33. The smallest absolute Gasteiger partial charge is 0.0323 e. The molecule has 0 nitrogen and oxygen atoms in total. The van der Waals surface area contributed by atoms with Crippen LogP contribution in [0.15, 0.2) is 0 Å². The number of unbranched alkanes of at least 4 members (excludes halogenated alkanes) is 3. The Morgan fingerprint density at radius 1 is 0.647 bits per heavy atom. The molecule has 104 valence electrons. The van der Waals surface area contributed by atoms with Crippen LogP contribution in [0.1, 0.15) is 65.7 Å². The van der Waals surface area contributed by atoms with Gasteiger partial charge < -0.3 is 0 Å².